The molecule has 0 spiro atoms. The number of benzene rings is 2. The third kappa shape index (κ3) is 5.85. The van der Waals surface area contributed by atoms with E-state index in [0.29, 0.717) is 17.2 Å². The molecule has 2 amide bonds. The van der Waals surface area contributed by atoms with E-state index in [-0.39, 0.29) is 24.9 Å². The van der Waals surface area contributed by atoms with Gasteiger partial charge in [-0.25, -0.2) is 0 Å². The van der Waals surface area contributed by atoms with E-state index >= 15 is 0 Å². The molecule has 0 radical (unpaired) electrons. The predicted octanol–water partition coefficient (Wildman–Crippen LogP) is 4.28. The maximum Gasteiger partial charge on any atom is 0.247 e. The Morgan fingerprint density at radius 3 is 2.67 bits per heavy atom. The number of carbonyl (C=O) groups is 2. The van der Waals surface area contributed by atoms with Crippen LogP contribution in [0, 0.1) is 6.92 Å². The van der Waals surface area contributed by atoms with Crippen LogP contribution in [-0.2, 0) is 16.1 Å². The van der Waals surface area contributed by atoms with Crippen LogP contribution in [0.4, 0.5) is 5.69 Å². The van der Waals surface area contributed by atoms with Crippen LogP contribution < -0.4 is 10.1 Å². The van der Waals surface area contributed by atoms with Crippen LogP contribution in [0.15, 0.2) is 77.4 Å². The van der Waals surface area contributed by atoms with E-state index in [0.717, 1.165) is 11.1 Å². The standard InChI is InChI=1S/C24H24N2O4/c1-18-7-5-8-19(15-18)12-13-24(28)26(16-20-9-6-14-30-20)17-23(27)25-21-10-3-4-11-22(21)29-2/h3-15H,16-17H2,1-2H3,(H,25,27)/b13-12+. The van der Waals surface area contributed by atoms with Crippen LogP contribution in [-0.4, -0.2) is 30.4 Å². The highest BCUT2D eigenvalue weighted by Crippen LogP contribution is 2.23. The number of hydrogen-bond donors (Lipinski definition) is 1. The fourth-order valence-electron chi connectivity index (χ4n) is 2.96. The van der Waals surface area contributed by atoms with Crippen molar-refractivity contribution in [3.8, 4) is 5.75 Å². The number of methoxy groups -OCH3 is 1. The van der Waals surface area contributed by atoms with Gasteiger partial charge >= 0.3 is 0 Å². The number of aryl methyl sites for hydroxylation is 1. The van der Waals surface area contributed by atoms with E-state index in [2.05, 4.69) is 5.32 Å². The lowest BCUT2D eigenvalue weighted by molar-refractivity contribution is -0.131. The molecule has 0 unspecified atom stereocenters. The van der Waals surface area contributed by atoms with Crippen molar-refractivity contribution in [2.24, 2.45) is 0 Å². The summed E-state index contributed by atoms with van der Waals surface area (Å²) in [5.74, 6) is 0.526. The molecule has 154 valence electrons. The van der Waals surface area contributed by atoms with Gasteiger partial charge in [-0.1, -0.05) is 42.0 Å². The van der Waals surface area contributed by atoms with Crippen LogP contribution in [0.1, 0.15) is 16.9 Å². The fraction of sp³-hybridized carbons (Fsp3) is 0.167. The first-order valence-electron chi connectivity index (χ1n) is 9.54. The van der Waals surface area contributed by atoms with Crippen molar-refractivity contribution in [1.82, 2.24) is 4.90 Å². The van der Waals surface area contributed by atoms with Crippen molar-refractivity contribution in [2.45, 2.75) is 13.5 Å². The lowest BCUT2D eigenvalue weighted by atomic mass is 10.1. The molecule has 0 bridgehead atoms. The number of carbonyl (C=O) groups excluding carboxylic acids is 2. The average molecular weight is 404 g/mol. The van der Waals surface area contributed by atoms with Gasteiger partial charge < -0.3 is 19.4 Å². The van der Waals surface area contributed by atoms with Gasteiger partial charge in [0.2, 0.25) is 11.8 Å². The number of anilines is 1. The quantitative estimate of drug-likeness (QED) is 0.569. The van der Waals surface area contributed by atoms with Gasteiger partial charge in [-0.15, -0.1) is 0 Å². The fourth-order valence-corrected chi connectivity index (χ4v) is 2.96. The second-order valence-electron chi connectivity index (χ2n) is 6.77. The third-order valence-electron chi connectivity index (χ3n) is 4.41. The van der Waals surface area contributed by atoms with Gasteiger partial charge in [0.15, 0.2) is 0 Å². The van der Waals surface area contributed by atoms with Crippen molar-refractivity contribution in [2.75, 3.05) is 19.0 Å². The topological polar surface area (TPSA) is 71.8 Å². The zero-order valence-corrected chi connectivity index (χ0v) is 17.0. The minimum Gasteiger partial charge on any atom is -0.495 e. The Morgan fingerprint density at radius 2 is 1.93 bits per heavy atom. The number of rotatable bonds is 8. The van der Waals surface area contributed by atoms with E-state index in [9.17, 15) is 9.59 Å². The largest absolute Gasteiger partial charge is 0.495 e. The second-order valence-corrected chi connectivity index (χ2v) is 6.77. The molecule has 6 heteroatoms. The number of nitrogens with one attached hydrogen (secondary N) is 1. The summed E-state index contributed by atoms with van der Waals surface area (Å²) in [7, 11) is 1.54. The summed E-state index contributed by atoms with van der Waals surface area (Å²) in [6, 6.07) is 18.4. The number of amides is 2. The minimum atomic E-state index is -0.330. The molecule has 1 heterocycles. The van der Waals surface area contributed by atoms with Crippen LogP contribution >= 0.6 is 0 Å². The molecule has 0 aliphatic rings. The van der Waals surface area contributed by atoms with Crippen molar-refractivity contribution >= 4 is 23.6 Å². The van der Waals surface area contributed by atoms with Crippen LogP contribution in [0.2, 0.25) is 0 Å². The molecular weight excluding hydrogens is 380 g/mol. The summed E-state index contributed by atoms with van der Waals surface area (Å²) in [5.41, 5.74) is 2.57. The second kappa shape index (κ2) is 10.1. The zero-order chi connectivity index (χ0) is 21.3. The van der Waals surface area contributed by atoms with E-state index in [1.165, 1.54) is 24.3 Å². The van der Waals surface area contributed by atoms with E-state index in [1.54, 1.807) is 36.4 Å². The molecule has 0 atom stereocenters. The highest BCUT2D eigenvalue weighted by atomic mass is 16.5. The van der Waals surface area contributed by atoms with Gasteiger partial charge in [0.25, 0.3) is 0 Å². The Bertz CT molecular complexity index is 1030. The molecule has 30 heavy (non-hydrogen) atoms. The molecule has 3 rings (SSSR count). The first-order chi connectivity index (χ1) is 14.5. The number of ether oxygens (including phenoxy) is 1. The predicted molar refractivity (Wildman–Crippen MR) is 116 cm³/mol. The van der Waals surface area contributed by atoms with Crippen LogP contribution in [0.25, 0.3) is 6.08 Å². The lowest BCUT2D eigenvalue weighted by Crippen LogP contribution is -2.36. The summed E-state index contributed by atoms with van der Waals surface area (Å²) in [6.45, 7) is 2.05. The summed E-state index contributed by atoms with van der Waals surface area (Å²) < 4.78 is 10.6. The monoisotopic (exact) mass is 404 g/mol. The maximum atomic E-state index is 12.8. The Balaban J connectivity index is 1.73. The SMILES string of the molecule is COc1ccccc1NC(=O)CN(Cc1ccco1)C(=O)/C=C/c1cccc(C)c1. The first kappa shape index (κ1) is 20.9. The molecular formula is C24H24N2O4. The van der Waals surface area contributed by atoms with Crippen molar-refractivity contribution in [3.63, 3.8) is 0 Å². The van der Waals surface area contributed by atoms with Gasteiger partial charge in [-0.05, 0) is 42.8 Å². The summed E-state index contributed by atoms with van der Waals surface area (Å²) >= 11 is 0. The smallest absolute Gasteiger partial charge is 0.247 e. The van der Waals surface area contributed by atoms with Crippen LogP contribution in [0.5, 0.6) is 5.75 Å². The van der Waals surface area contributed by atoms with Gasteiger partial charge in [0, 0.05) is 6.08 Å². The molecule has 0 saturated heterocycles. The summed E-state index contributed by atoms with van der Waals surface area (Å²) in [5, 5.41) is 2.80. The molecule has 0 fully saturated rings. The molecule has 6 nitrogen and oxygen atoms in total. The lowest BCUT2D eigenvalue weighted by Gasteiger charge is -2.20. The van der Waals surface area contributed by atoms with Gasteiger partial charge in [-0.3, -0.25) is 9.59 Å². The molecule has 3 aromatic rings. The Kier molecular flexibility index (Phi) is 7.05. The van der Waals surface area contributed by atoms with Crippen molar-refractivity contribution in [3.05, 3.63) is 89.9 Å². The maximum absolute atomic E-state index is 12.8. The minimum absolute atomic E-state index is 0.129. The van der Waals surface area contributed by atoms with E-state index < -0.39 is 0 Å². The number of nitrogens with zero attached hydrogens (tertiary/aromatic N) is 1. The van der Waals surface area contributed by atoms with Crippen molar-refractivity contribution in [1.29, 1.82) is 0 Å². The van der Waals surface area contributed by atoms with Gasteiger partial charge in [-0.2, -0.15) is 0 Å². The summed E-state index contributed by atoms with van der Waals surface area (Å²) in [4.78, 5) is 26.9. The third-order valence-corrected chi connectivity index (χ3v) is 4.41. The molecule has 2 aromatic carbocycles. The summed E-state index contributed by atoms with van der Waals surface area (Å²) in [6.07, 6.45) is 4.74. The van der Waals surface area contributed by atoms with Gasteiger partial charge in [0.1, 0.15) is 18.1 Å². The molecule has 1 N–H and O–H groups in total. The number of para-hydroxylation sites is 2. The molecule has 0 saturated carbocycles. The van der Waals surface area contributed by atoms with E-state index in [4.69, 9.17) is 9.15 Å². The first-order valence-corrected chi connectivity index (χ1v) is 9.54. The zero-order valence-electron chi connectivity index (χ0n) is 17.0. The number of hydrogen-bond acceptors (Lipinski definition) is 4. The molecule has 1 aromatic heterocycles. The van der Waals surface area contributed by atoms with Crippen molar-refractivity contribution < 1.29 is 18.7 Å². The number of furan rings is 1. The molecule has 0 aliphatic carbocycles. The Morgan fingerprint density at radius 1 is 1.10 bits per heavy atom. The molecule has 0 aliphatic heterocycles. The van der Waals surface area contributed by atoms with E-state index in [1.807, 2.05) is 37.3 Å². The Labute approximate surface area is 175 Å². The van der Waals surface area contributed by atoms with Crippen LogP contribution in [0.3, 0.4) is 0 Å². The average Bonchev–Trinajstić information content (AvgIpc) is 3.25. The van der Waals surface area contributed by atoms with Gasteiger partial charge in [0.05, 0.1) is 25.6 Å². The highest BCUT2D eigenvalue weighted by Gasteiger charge is 2.18. The normalized spacial score (nSPS) is 10.7. The Hall–Kier alpha value is -3.80. The highest BCUT2D eigenvalue weighted by molar-refractivity contribution is 5.98.